The maximum atomic E-state index is 15.5. The Balaban J connectivity index is 1.72. The van der Waals surface area contributed by atoms with Crippen molar-refractivity contribution in [2.75, 3.05) is 11.4 Å². The predicted octanol–water partition coefficient (Wildman–Crippen LogP) is 1.68. The highest BCUT2D eigenvalue weighted by Gasteiger charge is 2.63. The van der Waals surface area contributed by atoms with E-state index in [2.05, 4.69) is 15.6 Å². The number of urea groups is 1. The number of halogens is 1. The van der Waals surface area contributed by atoms with Crippen LogP contribution in [0.15, 0.2) is 22.8 Å². The van der Waals surface area contributed by atoms with Crippen LogP contribution in [0.25, 0.3) is 11.5 Å². The first kappa shape index (κ1) is 19.7. The minimum atomic E-state index is -1.65. The fourth-order valence-electron chi connectivity index (χ4n) is 5.15. The number of imide groups is 2. The lowest BCUT2D eigenvalue weighted by Gasteiger charge is -2.55. The van der Waals surface area contributed by atoms with Crippen molar-refractivity contribution in [2.45, 2.75) is 45.4 Å². The molecule has 0 bridgehead atoms. The molecule has 9 nitrogen and oxygen atoms in total. The second-order valence-electron chi connectivity index (χ2n) is 8.39. The normalized spacial score (nSPS) is 26.9. The summed E-state index contributed by atoms with van der Waals surface area (Å²) in [5, 5.41) is 4.43. The molecule has 3 atom stereocenters. The molecule has 1 spiro atoms. The highest BCUT2D eigenvalue weighted by molar-refractivity contribution is 6.20. The number of morpholine rings is 1. The smallest absolute Gasteiger partial charge is 0.328 e. The van der Waals surface area contributed by atoms with Crippen molar-refractivity contribution in [3.05, 3.63) is 35.5 Å². The van der Waals surface area contributed by atoms with Crippen molar-refractivity contribution in [2.24, 2.45) is 5.41 Å². The Hall–Kier alpha value is -3.27. The molecular weight excluding hydrogens is 407 g/mol. The molecule has 162 valence electrons. The molecule has 0 radical (unpaired) electrons. The Morgan fingerprint density at radius 3 is 2.55 bits per heavy atom. The average molecular weight is 428 g/mol. The first-order valence-corrected chi connectivity index (χ1v) is 10.0. The van der Waals surface area contributed by atoms with Crippen LogP contribution in [0.5, 0.6) is 0 Å². The van der Waals surface area contributed by atoms with Crippen molar-refractivity contribution in [1.29, 1.82) is 0 Å². The third kappa shape index (κ3) is 2.78. The Morgan fingerprint density at radius 1 is 1.19 bits per heavy atom. The number of carbonyl (C=O) groups is 3. The van der Waals surface area contributed by atoms with Crippen LogP contribution in [0.4, 0.5) is 14.9 Å². The number of oxazole rings is 1. The van der Waals surface area contributed by atoms with Crippen LogP contribution in [0.3, 0.4) is 0 Å². The largest absolute Gasteiger partial charge is 0.444 e. The number of ether oxygens (including phenoxy) is 1. The van der Waals surface area contributed by atoms with Gasteiger partial charge >= 0.3 is 6.03 Å². The van der Waals surface area contributed by atoms with Crippen molar-refractivity contribution < 1.29 is 27.9 Å². The molecule has 5 rings (SSSR count). The van der Waals surface area contributed by atoms with Crippen molar-refractivity contribution >= 4 is 23.5 Å². The van der Waals surface area contributed by atoms with Gasteiger partial charge in [-0.25, -0.2) is 14.2 Å². The van der Waals surface area contributed by atoms with Gasteiger partial charge in [0, 0.05) is 18.5 Å². The first-order chi connectivity index (χ1) is 14.7. The summed E-state index contributed by atoms with van der Waals surface area (Å²) in [4.78, 5) is 44.0. The number of aryl methyl sites for hydroxylation is 1. The van der Waals surface area contributed by atoms with Crippen LogP contribution in [0.2, 0.25) is 0 Å². The molecular formula is C21H21FN4O5. The van der Waals surface area contributed by atoms with Crippen LogP contribution in [-0.4, -0.2) is 47.6 Å². The fraction of sp³-hybridized carbons (Fsp3) is 0.429. The fourth-order valence-corrected chi connectivity index (χ4v) is 5.15. The van der Waals surface area contributed by atoms with Gasteiger partial charge in [0.05, 0.1) is 29.6 Å². The lowest BCUT2D eigenvalue weighted by molar-refractivity contribution is -0.153. The number of nitrogens with one attached hydrogen (secondary N) is 2. The molecule has 10 heteroatoms. The summed E-state index contributed by atoms with van der Waals surface area (Å²) < 4.78 is 26.8. The molecule has 0 unspecified atom stereocenters. The standard InChI is InChI=1S/C21H21FN4O5/c1-9-8-30-17(23-9)12-4-13-6-21(18(27)24-20(29)25-19(21)28)16-11(3)31-10(2)7-26(16)15(13)14(22)5-12/h4-5,8,10-11,16H,6-7H2,1-3H3,(H2,24,25,27,28,29)/t10-,11+,16-/m1/s1. The van der Waals surface area contributed by atoms with E-state index < -0.39 is 41.2 Å². The quantitative estimate of drug-likeness (QED) is 0.665. The van der Waals surface area contributed by atoms with E-state index in [0.29, 0.717) is 22.5 Å². The number of nitrogens with zero attached hydrogens (tertiary/aromatic N) is 2. The number of barbiturate groups is 1. The lowest BCUT2D eigenvalue weighted by atomic mass is 9.66. The van der Waals surface area contributed by atoms with Crippen LogP contribution >= 0.6 is 0 Å². The lowest BCUT2D eigenvalue weighted by Crippen LogP contribution is -2.75. The molecule has 2 aromatic rings. The molecule has 3 aliphatic rings. The van der Waals surface area contributed by atoms with E-state index in [1.165, 1.54) is 12.3 Å². The van der Waals surface area contributed by atoms with Gasteiger partial charge in [0.25, 0.3) is 0 Å². The number of benzene rings is 1. The highest BCUT2D eigenvalue weighted by Crippen LogP contribution is 2.48. The molecule has 0 saturated carbocycles. The average Bonchev–Trinajstić information content (AvgIpc) is 3.11. The van der Waals surface area contributed by atoms with Gasteiger partial charge in [-0.05, 0) is 38.5 Å². The number of fused-ring (bicyclic) bond motifs is 4. The predicted molar refractivity (Wildman–Crippen MR) is 106 cm³/mol. The van der Waals surface area contributed by atoms with E-state index in [1.807, 2.05) is 6.92 Å². The molecule has 2 fully saturated rings. The summed E-state index contributed by atoms with van der Waals surface area (Å²) >= 11 is 0. The Labute approximate surface area is 176 Å². The van der Waals surface area contributed by atoms with Crippen LogP contribution in [0, 0.1) is 18.2 Å². The summed E-state index contributed by atoms with van der Waals surface area (Å²) in [5.74, 6) is -1.70. The number of amides is 4. The minimum absolute atomic E-state index is 0.0963. The number of anilines is 1. The third-order valence-corrected chi connectivity index (χ3v) is 6.22. The zero-order chi connectivity index (χ0) is 22.1. The molecule has 2 saturated heterocycles. The minimum Gasteiger partial charge on any atom is -0.444 e. The van der Waals surface area contributed by atoms with Crippen molar-refractivity contribution in [3.8, 4) is 11.5 Å². The van der Waals surface area contributed by atoms with Gasteiger partial charge in [0.1, 0.15) is 12.1 Å². The highest BCUT2D eigenvalue weighted by atomic mass is 19.1. The Morgan fingerprint density at radius 2 is 1.90 bits per heavy atom. The summed E-state index contributed by atoms with van der Waals surface area (Å²) in [6.45, 7) is 5.64. The number of hydrogen-bond acceptors (Lipinski definition) is 7. The third-order valence-electron chi connectivity index (χ3n) is 6.22. The molecule has 4 heterocycles. The molecule has 4 amide bonds. The summed E-state index contributed by atoms with van der Waals surface area (Å²) in [5.41, 5.74) is 0.174. The second kappa shape index (κ2) is 6.61. The van der Waals surface area contributed by atoms with E-state index in [0.717, 1.165) is 0 Å². The van der Waals surface area contributed by atoms with E-state index in [1.54, 1.807) is 24.8 Å². The van der Waals surface area contributed by atoms with E-state index >= 15 is 4.39 Å². The van der Waals surface area contributed by atoms with Gasteiger partial charge in [-0.15, -0.1) is 0 Å². The Bertz CT molecular complexity index is 1110. The van der Waals surface area contributed by atoms with Crippen molar-refractivity contribution in [1.82, 2.24) is 15.6 Å². The van der Waals surface area contributed by atoms with Gasteiger partial charge < -0.3 is 14.1 Å². The monoisotopic (exact) mass is 428 g/mol. The zero-order valence-electron chi connectivity index (χ0n) is 17.2. The molecule has 1 aromatic heterocycles. The summed E-state index contributed by atoms with van der Waals surface area (Å²) in [6, 6.07) is 1.37. The first-order valence-electron chi connectivity index (χ1n) is 10.0. The molecule has 1 aromatic carbocycles. The zero-order valence-corrected chi connectivity index (χ0v) is 17.2. The van der Waals surface area contributed by atoms with Crippen molar-refractivity contribution in [3.63, 3.8) is 0 Å². The number of rotatable bonds is 1. The molecule has 2 N–H and O–H groups in total. The maximum Gasteiger partial charge on any atom is 0.328 e. The maximum absolute atomic E-state index is 15.5. The number of carbonyl (C=O) groups excluding carboxylic acids is 3. The van der Waals surface area contributed by atoms with Gasteiger partial charge in [-0.2, -0.15) is 0 Å². The van der Waals surface area contributed by atoms with Crippen LogP contribution in [-0.2, 0) is 20.7 Å². The van der Waals surface area contributed by atoms with E-state index in [4.69, 9.17) is 9.15 Å². The van der Waals surface area contributed by atoms with E-state index in [9.17, 15) is 14.4 Å². The van der Waals surface area contributed by atoms with Gasteiger partial charge in [-0.3, -0.25) is 20.2 Å². The van der Waals surface area contributed by atoms with Crippen LogP contribution < -0.4 is 15.5 Å². The van der Waals surface area contributed by atoms with Crippen LogP contribution in [0.1, 0.15) is 25.1 Å². The molecule has 3 aliphatic heterocycles. The topological polar surface area (TPSA) is 114 Å². The number of hydrogen-bond donors (Lipinski definition) is 2. The molecule has 0 aliphatic carbocycles. The molecule has 31 heavy (non-hydrogen) atoms. The summed E-state index contributed by atoms with van der Waals surface area (Å²) in [7, 11) is 0. The SMILES string of the molecule is Cc1coc(-c2cc(F)c3c(c2)CC2(C(=O)NC(=O)NC2=O)[C@H]2[C@H](C)O[C@H](C)CN32)n1. The Kier molecular flexibility index (Phi) is 4.20. The van der Waals surface area contributed by atoms with Gasteiger partial charge in [-0.1, -0.05) is 0 Å². The number of aromatic nitrogens is 1. The summed E-state index contributed by atoms with van der Waals surface area (Å²) in [6.07, 6.45) is 0.554. The van der Waals surface area contributed by atoms with E-state index in [-0.39, 0.29) is 25.0 Å². The van der Waals surface area contributed by atoms with Gasteiger partial charge in [0.2, 0.25) is 17.7 Å². The van der Waals surface area contributed by atoms with Gasteiger partial charge in [0.15, 0.2) is 5.41 Å². The second-order valence-corrected chi connectivity index (χ2v) is 8.39.